The van der Waals surface area contributed by atoms with Gasteiger partial charge >= 0.3 is 0 Å². The third kappa shape index (κ3) is 7.08. The zero-order valence-electron chi connectivity index (χ0n) is 13.9. The van der Waals surface area contributed by atoms with Crippen LogP contribution in [0.1, 0.15) is 84.5 Å². The molecule has 1 fully saturated rings. The number of piperidine rings is 1. The molecule has 20 heavy (non-hydrogen) atoms. The summed E-state index contributed by atoms with van der Waals surface area (Å²) in [5.41, 5.74) is 0. The number of aliphatic hydroxyl groups excluding tert-OH is 1. The van der Waals surface area contributed by atoms with Gasteiger partial charge in [0.2, 0.25) is 0 Å². The van der Waals surface area contributed by atoms with Crippen LogP contribution in [0.4, 0.5) is 0 Å². The predicted molar refractivity (Wildman–Crippen MR) is 88.1 cm³/mol. The van der Waals surface area contributed by atoms with Crippen LogP contribution in [0.25, 0.3) is 0 Å². The van der Waals surface area contributed by atoms with Crippen LogP contribution in [0, 0.1) is 5.92 Å². The molecule has 2 heteroatoms. The van der Waals surface area contributed by atoms with Crippen molar-refractivity contribution in [2.24, 2.45) is 5.92 Å². The van der Waals surface area contributed by atoms with Crippen molar-refractivity contribution < 1.29 is 5.11 Å². The molecule has 0 radical (unpaired) electrons. The SMILES string of the molecule is CCCCCCCC(CCCC)N1CCC(CO)CC1. The first kappa shape index (κ1) is 18.0. The van der Waals surface area contributed by atoms with Crippen LogP contribution in [0.5, 0.6) is 0 Å². The Kier molecular flexibility index (Phi) is 10.4. The minimum atomic E-state index is 0.393. The van der Waals surface area contributed by atoms with Crippen molar-refractivity contribution in [3.05, 3.63) is 0 Å². The maximum Gasteiger partial charge on any atom is 0.0460 e. The number of unbranched alkanes of at least 4 members (excludes halogenated alkanes) is 5. The average Bonchev–Trinajstić information content (AvgIpc) is 2.50. The van der Waals surface area contributed by atoms with Crippen molar-refractivity contribution in [3.8, 4) is 0 Å². The van der Waals surface area contributed by atoms with Gasteiger partial charge in [-0.3, -0.25) is 0 Å². The van der Waals surface area contributed by atoms with Gasteiger partial charge in [-0.05, 0) is 44.7 Å². The number of nitrogens with zero attached hydrogens (tertiary/aromatic N) is 1. The smallest absolute Gasteiger partial charge is 0.0460 e. The fourth-order valence-electron chi connectivity index (χ4n) is 3.43. The standard InChI is InChI=1S/C18H37NO/c1-3-5-7-8-9-11-18(10-6-4-2)19-14-12-17(16-20)13-15-19/h17-18,20H,3-16H2,1-2H3. The van der Waals surface area contributed by atoms with Crippen molar-refractivity contribution in [2.75, 3.05) is 19.7 Å². The Morgan fingerprint density at radius 2 is 1.50 bits per heavy atom. The van der Waals surface area contributed by atoms with E-state index in [0.29, 0.717) is 12.5 Å². The molecule has 0 aromatic rings. The molecule has 1 atom stereocenters. The molecule has 1 unspecified atom stereocenters. The van der Waals surface area contributed by atoms with Crippen molar-refractivity contribution in [1.29, 1.82) is 0 Å². The number of hydrogen-bond acceptors (Lipinski definition) is 2. The lowest BCUT2D eigenvalue weighted by Gasteiger charge is -2.37. The first-order chi connectivity index (χ1) is 9.81. The summed E-state index contributed by atoms with van der Waals surface area (Å²) < 4.78 is 0. The van der Waals surface area contributed by atoms with Crippen molar-refractivity contribution in [1.82, 2.24) is 4.90 Å². The summed E-state index contributed by atoms with van der Waals surface area (Å²) in [5.74, 6) is 0.572. The maximum absolute atomic E-state index is 9.26. The Balaban J connectivity index is 2.27. The van der Waals surface area contributed by atoms with E-state index in [1.807, 2.05) is 0 Å². The van der Waals surface area contributed by atoms with E-state index in [-0.39, 0.29) is 0 Å². The summed E-state index contributed by atoms with van der Waals surface area (Å²) in [7, 11) is 0. The Labute approximate surface area is 126 Å². The zero-order valence-corrected chi connectivity index (χ0v) is 13.9. The number of hydrogen-bond donors (Lipinski definition) is 1. The summed E-state index contributed by atoms with van der Waals surface area (Å²) in [4.78, 5) is 2.72. The number of likely N-dealkylation sites (tertiary alicyclic amines) is 1. The van der Waals surface area contributed by atoms with Gasteiger partial charge in [0.25, 0.3) is 0 Å². The molecule has 1 N–H and O–H groups in total. The lowest BCUT2D eigenvalue weighted by Crippen LogP contribution is -2.42. The van der Waals surface area contributed by atoms with Crippen LogP contribution in [-0.4, -0.2) is 35.7 Å². The zero-order chi connectivity index (χ0) is 14.6. The summed E-state index contributed by atoms with van der Waals surface area (Å²) in [6.07, 6.45) is 14.9. The first-order valence-electron chi connectivity index (χ1n) is 9.16. The van der Waals surface area contributed by atoms with Crippen LogP contribution in [0.3, 0.4) is 0 Å². The van der Waals surface area contributed by atoms with E-state index in [9.17, 15) is 5.11 Å². The molecule has 0 saturated carbocycles. The van der Waals surface area contributed by atoms with Gasteiger partial charge in [0, 0.05) is 12.6 Å². The minimum absolute atomic E-state index is 0.393. The molecule has 0 aromatic heterocycles. The monoisotopic (exact) mass is 283 g/mol. The molecular weight excluding hydrogens is 246 g/mol. The van der Waals surface area contributed by atoms with Gasteiger partial charge in [0.15, 0.2) is 0 Å². The van der Waals surface area contributed by atoms with E-state index in [1.165, 1.54) is 83.7 Å². The fraction of sp³-hybridized carbons (Fsp3) is 1.00. The highest BCUT2D eigenvalue weighted by molar-refractivity contribution is 4.78. The number of aliphatic hydroxyl groups is 1. The highest BCUT2D eigenvalue weighted by Gasteiger charge is 2.23. The van der Waals surface area contributed by atoms with Gasteiger partial charge in [-0.2, -0.15) is 0 Å². The second-order valence-corrected chi connectivity index (χ2v) is 6.66. The van der Waals surface area contributed by atoms with Crippen LogP contribution >= 0.6 is 0 Å². The minimum Gasteiger partial charge on any atom is -0.396 e. The van der Waals surface area contributed by atoms with E-state index in [4.69, 9.17) is 0 Å². The van der Waals surface area contributed by atoms with E-state index in [1.54, 1.807) is 0 Å². The number of rotatable bonds is 11. The highest BCUT2D eigenvalue weighted by Crippen LogP contribution is 2.23. The van der Waals surface area contributed by atoms with E-state index in [2.05, 4.69) is 18.7 Å². The van der Waals surface area contributed by atoms with Gasteiger partial charge < -0.3 is 10.0 Å². The summed E-state index contributed by atoms with van der Waals surface area (Å²) >= 11 is 0. The van der Waals surface area contributed by atoms with E-state index < -0.39 is 0 Å². The molecule has 0 bridgehead atoms. The molecule has 0 amide bonds. The van der Waals surface area contributed by atoms with E-state index >= 15 is 0 Å². The largest absolute Gasteiger partial charge is 0.396 e. The van der Waals surface area contributed by atoms with Gasteiger partial charge in [-0.1, -0.05) is 58.8 Å². The molecule has 0 aromatic carbocycles. The van der Waals surface area contributed by atoms with Crippen LogP contribution in [-0.2, 0) is 0 Å². The molecule has 0 aliphatic carbocycles. The molecule has 120 valence electrons. The molecule has 1 rings (SSSR count). The topological polar surface area (TPSA) is 23.5 Å². The summed E-state index contributed by atoms with van der Waals surface area (Å²) in [6.45, 7) is 7.42. The van der Waals surface area contributed by atoms with Gasteiger partial charge in [0.05, 0.1) is 0 Å². The van der Waals surface area contributed by atoms with Crippen LogP contribution in [0.15, 0.2) is 0 Å². The summed E-state index contributed by atoms with van der Waals surface area (Å²) in [6, 6.07) is 0.816. The normalized spacial score (nSPS) is 19.4. The lowest BCUT2D eigenvalue weighted by atomic mass is 9.93. The maximum atomic E-state index is 9.26. The average molecular weight is 284 g/mol. The second-order valence-electron chi connectivity index (χ2n) is 6.66. The molecule has 1 heterocycles. The van der Waals surface area contributed by atoms with Crippen molar-refractivity contribution in [3.63, 3.8) is 0 Å². The Morgan fingerprint density at radius 3 is 2.10 bits per heavy atom. The molecular formula is C18H37NO. The molecule has 0 spiro atoms. The van der Waals surface area contributed by atoms with Gasteiger partial charge in [-0.25, -0.2) is 0 Å². The lowest BCUT2D eigenvalue weighted by molar-refractivity contribution is 0.0905. The Hall–Kier alpha value is -0.0800. The van der Waals surface area contributed by atoms with Crippen molar-refractivity contribution >= 4 is 0 Å². The molecule has 1 saturated heterocycles. The van der Waals surface area contributed by atoms with Crippen molar-refractivity contribution in [2.45, 2.75) is 90.5 Å². The predicted octanol–water partition coefficient (Wildman–Crippen LogP) is 4.61. The molecule has 1 aliphatic rings. The second kappa shape index (κ2) is 11.6. The highest BCUT2D eigenvalue weighted by atomic mass is 16.3. The van der Waals surface area contributed by atoms with Crippen LogP contribution < -0.4 is 0 Å². The quantitative estimate of drug-likeness (QED) is 0.560. The van der Waals surface area contributed by atoms with Gasteiger partial charge in [-0.15, -0.1) is 0 Å². The Bertz CT molecular complexity index is 211. The van der Waals surface area contributed by atoms with Gasteiger partial charge in [0.1, 0.15) is 0 Å². The van der Waals surface area contributed by atoms with Crippen LogP contribution in [0.2, 0.25) is 0 Å². The molecule has 1 aliphatic heterocycles. The first-order valence-corrected chi connectivity index (χ1v) is 9.16. The third-order valence-electron chi connectivity index (χ3n) is 4.96. The fourth-order valence-corrected chi connectivity index (χ4v) is 3.43. The third-order valence-corrected chi connectivity index (χ3v) is 4.96. The van der Waals surface area contributed by atoms with E-state index in [0.717, 1.165) is 6.04 Å². The molecule has 2 nitrogen and oxygen atoms in total. The summed E-state index contributed by atoms with van der Waals surface area (Å²) in [5, 5.41) is 9.26. The Morgan fingerprint density at radius 1 is 0.900 bits per heavy atom.